The van der Waals surface area contributed by atoms with Crippen molar-refractivity contribution in [2.45, 2.75) is 30.7 Å². The van der Waals surface area contributed by atoms with E-state index in [-0.39, 0.29) is 35.0 Å². The smallest absolute Gasteiger partial charge is 0.238 e. The molecule has 0 bridgehead atoms. The van der Waals surface area contributed by atoms with Crippen molar-refractivity contribution in [3.05, 3.63) is 35.8 Å². The molecule has 10 nitrogen and oxygen atoms in total. The second-order valence-corrected chi connectivity index (χ2v) is 8.37. The summed E-state index contributed by atoms with van der Waals surface area (Å²) < 4.78 is 37.5. The zero-order chi connectivity index (χ0) is 21.9. The topological polar surface area (TPSA) is 154 Å². The average Bonchev–Trinajstić information content (AvgIpc) is 3.14. The molecule has 0 unspecified atom stereocenters. The molecular formula is C18H20FN7O3S. The summed E-state index contributed by atoms with van der Waals surface area (Å²) >= 11 is 0. The summed E-state index contributed by atoms with van der Waals surface area (Å²) in [5.41, 5.74) is 0.860. The number of aromatic nitrogens is 2. The lowest BCUT2D eigenvalue weighted by molar-refractivity contribution is -0.129. The standard InChI is InChI=1S/C18H20FN7O3S/c1-11-2-3-12(8-15(11)30(21,28)29)24-18-22-9-14(19)17(25-18)23-13-5-7-26(10-13)16(27)4-6-20/h2-3,8-9,13H,4-5,7,10H2,1H3,(H2,21,28,29)(H2,22,23,24,25)/t13-/m1/s1. The Hall–Kier alpha value is -3.30. The normalized spacial score (nSPS) is 16.2. The van der Waals surface area contributed by atoms with Crippen molar-refractivity contribution in [1.82, 2.24) is 14.9 Å². The van der Waals surface area contributed by atoms with E-state index in [1.807, 2.05) is 6.07 Å². The largest absolute Gasteiger partial charge is 0.363 e. The summed E-state index contributed by atoms with van der Waals surface area (Å²) in [5.74, 6) is -0.932. The van der Waals surface area contributed by atoms with E-state index < -0.39 is 15.8 Å². The number of benzene rings is 1. The van der Waals surface area contributed by atoms with E-state index in [1.54, 1.807) is 24.0 Å². The fourth-order valence-electron chi connectivity index (χ4n) is 3.12. The highest BCUT2D eigenvalue weighted by Gasteiger charge is 2.27. The molecule has 0 spiro atoms. The monoisotopic (exact) mass is 433 g/mol. The molecular weight excluding hydrogens is 413 g/mol. The number of nitrogens with two attached hydrogens (primary N) is 1. The Morgan fingerprint density at radius 1 is 1.47 bits per heavy atom. The van der Waals surface area contributed by atoms with Gasteiger partial charge < -0.3 is 15.5 Å². The summed E-state index contributed by atoms with van der Waals surface area (Å²) in [4.78, 5) is 21.3. The van der Waals surface area contributed by atoms with Gasteiger partial charge in [-0.2, -0.15) is 10.2 Å². The van der Waals surface area contributed by atoms with Crippen LogP contribution in [0.5, 0.6) is 0 Å². The number of hydrogen-bond acceptors (Lipinski definition) is 8. The fourth-order valence-corrected chi connectivity index (χ4v) is 3.93. The van der Waals surface area contributed by atoms with E-state index in [0.29, 0.717) is 30.8 Å². The van der Waals surface area contributed by atoms with Crippen molar-refractivity contribution in [1.29, 1.82) is 5.26 Å². The van der Waals surface area contributed by atoms with E-state index in [0.717, 1.165) is 6.20 Å². The van der Waals surface area contributed by atoms with Gasteiger partial charge in [0.25, 0.3) is 0 Å². The van der Waals surface area contributed by atoms with Crippen LogP contribution in [0.3, 0.4) is 0 Å². The predicted octanol–water partition coefficient (Wildman–Crippen LogP) is 1.24. The first kappa shape index (κ1) is 21.4. The third kappa shape index (κ3) is 5.00. The highest BCUT2D eigenvalue weighted by molar-refractivity contribution is 7.89. The molecule has 30 heavy (non-hydrogen) atoms. The Kier molecular flexibility index (Phi) is 6.14. The number of carbonyl (C=O) groups is 1. The summed E-state index contributed by atoms with van der Waals surface area (Å²) in [7, 11) is -3.90. The summed E-state index contributed by atoms with van der Waals surface area (Å²) in [5, 5.41) is 19.6. The van der Waals surface area contributed by atoms with Crippen molar-refractivity contribution >= 4 is 33.4 Å². The lowest BCUT2D eigenvalue weighted by atomic mass is 10.2. The molecule has 0 aliphatic carbocycles. The van der Waals surface area contributed by atoms with E-state index in [9.17, 15) is 17.6 Å². The maximum absolute atomic E-state index is 14.2. The number of aryl methyl sites for hydroxylation is 1. The minimum atomic E-state index is -3.90. The summed E-state index contributed by atoms with van der Waals surface area (Å²) in [6.07, 6.45) is 1.37. The predicted molar refractivity (Wildman–Crippen MR) is 107 cm³/mol. The van der Waals surface area contributed by atoms with E-state index in [1.165, 1.54) is 6.07 Å². The molecule has 0 saturated carbocycles. The molecule has 1 amide bonds. The van der Waals surface area contributed by atoms with E-state index in [2.05, 4.69) is 20.6 Å². The molecule has 1 aromatic carbocycles. The van der Waals surface area contributed by atoms with Crippen LogP contribution in [0.25, 0.3) is 0 Å². The third-order valence-corrected chi connectivity index (χ3v) is 5.66. The minimum Gasteiger partial charge on any atom is -0.363 e. The Morgan fingerprint density at radius 3 is 2.93 bits per heavy atom. The number of primary sulfonamides is 1. The fraction of sp³-hybridized carbons (Fsp3) is 0.333. The molecule has 1 fully saturated rings. The first-order valence-electron chi connectivity index (χ1n) is 9.01. The number of hydrogen-bond donors (Lipinski definition) is 3. The van der Waals surface area contributed by atoms with Crippen molar-refractivity contribution < 1.29 is 17.6 Å². The van der Waals surface area contributed by atoms with Crippen LogP contribution < -0.4 is 15.8 Å². The highest BCUT2D eigenvalue weighted by Crippen LogP contribution is 2.23. The summed E-state index contributed by atoms with van der Waals surface area (Å²) in [6, 6.07) is 6.15. The van der Waals surface area contributed by atoms with Gasteiger partial charge in [0.15, 0.2) is 11.6 Å². The quantitative estimate of drug-likeness (QED) is 0.615. The van der Waals surface area contributed by atoms with Gasteiger partial charge in [-0.3, -0.25) is 4.79 Å². The zero-order valence-electron chi connectivity index (χ0n) is 16.1. The molecule has 3 rings (SSSR count). The van der Waals surface area contributed by atoms with Crippen LogP contribution >= 0.6 is 0 Å². The van der Waals surface area contributed by atoms with Crippen molar-refractivity contribution in [2.24, 2.45) is 5.14 Å². The van der Waals surface area contributed by atoms with Crippen molar-refractivity contribution in [2.75, 3.05) is 23.7 Å². The lowest BCUT2D eigenvalue weighted by Gasteiger charge is -2.17. The van der Waals surface area contributed by atoms with Crippen LogP contribution in [-0.4, -0.2) is 48.3 Å². The van der Waals surface area contributed by atoms with Gasteiger partial charge in [-0.1, -0.05) is 6.07 Å². The number of anilines is 3. The van der Waals surface area contributed by atoms with Gasteiger partial charge in [-0.25, -0.2) is 22.9 Å². The van der Waals surface area contributed by atoms with Crippen molar-refractivity contribution in [3.8, 4) is 6.07 Å². The van der Waals surface area contributed by atoms with Crippen LogP contribution in [-0.2, 0) is 14.8 Å². The molecule has 0 radical (unpaired) electrons. The van der Waals surface area contributed by atoms with Gasteiger partial charge >= 0.3 is 0 Å². The third-order valence-electron chi connectivity index (χ3n) is 4.61. The number of nitrogens with one attached hydrogen (secondary N) is 2. The zero-order valence-corrected chi connectivity index (χ0v) is 16.9. The number of nitriles is 1. The van der Waals surface area contributed by atoms with Gasteiger partial charge in [-0.15, -0.1) is 0 Å². The van der Waals surface area contributed by atoms with Crippen LogP contribution in [0.4, 0.5) is 21.8 Å². The average molecular weight is 433 g/mol. The van der Waals surface area contributed by atoms with Crippen molar-refractivity contribution in [3.63, 3.8) is 0 Å². The lowest BCUT2D eigenvalue weighted by Crippen LogP contribution is -2.31. The SMILES string of the molecule is Cc1ccc(Nc2ncc(F)c(N[C@@H]3CCN(C(=O)CC#N)C3)n2)cc1S(N)(=O)=O. The number of amides is 1. The highest BCUT2D eigenvalue weighted by atomic mass is 32.2. The first-order chi connectivity index (χ1) is 14.2. The van der Waals surface area contributed by atoms with Gasteiger partial charge in [0.1, 0.15) is 6.42 Å². The molecule has 2 heterocycles. The van der Waals surface area contributed by atoms with Gasteiger partial charge in [-0.05, 0) is 31.0 Å². The van der Waals surface area contributed by atoms with E-state index in [4.69, 9.17) is 10.4 Å². The number of nitrogens with zero attached hydrogens (tertiary/aromatic N) is 4. The molecule has 1 saturated heterocycles. The van der Waals surface area contributed by atoms with Crippen LogP contribution in [0, 0.1) is 24.1 Å². The molecule has 1 atom stereocenters. The van der Waals surface area contributed by atoms with Gasteiger partial charge in [0, 0.05) is 24.8 Å². The first-order valence-corrected chi connectivity index (χ1v) is 10.6. The van der Waals surface area contributed by atoms with Crippen LogP contribution in [0.15, 0.2) is 29.3 Å². The number of halogens is 1. The molecule has 158 valence electrons. The molecule has 1 aliphatic heterocycles. The second-order valence-electron chi connectivity index (χ2n) is 6.85. The number of likely N-dealkylation sites (tertiary alicyclic amines) is 1. The second kappa shape index (κ2) is 8.60. The van der Waals surface area contributed by atoms with Gasteiger partial charge in [0.2, 0.25) is 21.9 Å². The molecule has 1 aliphatic rings. The van der Waals surface area contributed by atoms with Gasteiger partial charge in [0.05, 0.1) is 17.2 Å². The number of carbonyl (C=O) groups excluding carboxylic acids is 1. The number of rotatable bonds is 6. The Bertz CT molecular complexity index is 1120. The molecule has 12 heteroatoms. The maximum Gasteiger partial charge on any atom is 0.238 e. The molecule has 2 aromatic rings. The van der Waals surface area contributed by atoms with Crippen LogP contribution in [0.1, 0.15) is 18.4 Å². The summed E-state index contributed by atoms with van der Waals surface area (Å²) in [6.45, 7) is 2.42. The molecule has 1 aromatic heterocycles. The number of sulfonamides is 1. The Balaban J connectivity index is 1.74. The minimum absolute atomic E-state index is 0.0407. The molecule has 4 N–H and O–H groups in total. The Labute approximate surface area is 173 Å². The van der Waals surface area contributed by atoms with E-state index >= 15 is 0 Å². The Morgan fingerprint density at radius 2 is 2.23 bits per heavy atom. The van der Waals surface area contributed by atoms with Crippen LogP contribution in [0.2, 0.25) is 0 Å². The maximum atomic E-state index is 14.2.